The smallest absolute Gasteiger partial charge is 0.291 e. The van der Waals surface area contributed by atoms with Crippen LogP contribution in [-0.4, -0.2) is 43.4 Å². The van der Waals surface area contributed by atoms with Crippen LogP contribution in [-0.2, 0) is 9.84 Å². The van der Waals surface area contributed by atoms with Gasteiger partial charge in [-0.05, 0) is 34.5 Å². The number of hydrogen-bond donors (Lipinski definition) is 2. The fourth-order valence-corrected chi connectivity index (χ4v) is 5.34. The Kier molecular flexibility index (Phi) is 4.91. The Labute approximate surface area is 174 Å². The minimum Gasteiger partial charge on any atom is -0.444 e. The monoisotopic (exact) mass is 478 g/mol. The zero-order valence-electron chi connectivity index (χ0n) is 14.9. The van der Waals surface area contributed by atoms with Crippen LogP contribution in [0.3, 0.4) is 0 Å². The van der Waals surface area contributed by atoms with Crippen molar-refractivity contribution < 1.29 is 27.2 Å². The highest BCUT2D eigenvalue weighted by Crippen LogP contribution is 2.26. The number of carbonyl (C=O) groups excluding carboxylic acids is 3. The molecule has 2 aliphatic rings. The number of Topliss-reactive ketones (excluding diaryl/α,β-unsaturated/α-hetero) is 2. The second kappa shape index (κ2) is 7.27. The lowest BCUT2D eigenvalue weighted by molar-refractivity contribution is 0.0899. The zero-order valence-corrected chi connectivity index (χ0v) is 17.3. The van der Waals surface area contributed by atoms with Crippen LogP contribution in [0.15, 0.2) is 56.9 Å². The van der Waals surface area contributed by atoms with Crippen molar-refractivity contribution in [2.75, 3.05) is 11.5 Å². The molecule has 0 spiro atoms. The molecule has 0 unspecified atom stereocenters. The third kappa shape index (κ3) is 3.77. The lowest BCUT2D eigenvalue weighted by atomic mass is 9.90. The summed E-state index contributed by atoms with van der Waals surface area (Å²) in [5, 5.41) is 5.34. The van der Waals surface area contributed by atoms with E-state index >= 15 is 0 Å². The molecule has 0 radical (unpaired) electrons. The van der Waals surface area contributed by atoms with E-state index in [1.54, 1.807) is 12.1 Å². The Morgan fingerprint density at radius 2 is 1.69 bits per heavy atom. The standard InChI is InChI=1S/C19H15BrN2O6S/c20-14-6-5-13(28-14)19(25)22-16-15(21-10-7-8-29(26,27)9-10)17(23)11-3-1-2-4-12(11)18(16)24/h1-6,10,21H,7-9H2,(H,22,25)/t10-/m1/s1. The number of benzene rings is 1. The van der Waals surface area contributed by atoms with Crippen LogP contribution in [0.25, 0.3) is 0 Å². The maximum atomic E-state index is 13.0. The molecule has 1 aliphatic heterocycles. The highest BCUT2D eigenvalue weighted by Gasteiger charge is 2.37. The van der Waals surface area contributed by atoms with Crippen molar-refractivity contribution in [3.8, 4) is 0 Å². The van der Waals surface area contributed by atoms with Gasteiger partial charge in [0, 0.05) is 17.2 Å². The highest BCUT2D eigenvalue weighted by atomic mass is 79.9. The van der Waals surface area contributed by atoms with Crippen LogP contribution in [0.2, 0.25) is 0 Å². The summed E-state index contributed by atoms with van der Waals surface area (Å²) in [5.41, 5.74) is 0.0166. The molecule has 0 saturated carbocycles. The largest absolute Gasteiger partial charge is 0.444 e. The van der Waals surface area contributed by atoms with E-state index in [1.165, 1.54) is 24.3 Å². The predicted octanol–water partition coefficient (Wildman–Crippen LogP) is 1.84. The van der Waals surface area contributed by atoms with E-state index in [9.17, 15) is 22.8 Å². The van der Waals surface area contributed by atoms with Gasteiger partial charge in [-0.15, -0.1) is 0 Å². The Hall–Kier alpha value is -2.72. The summed E-state index contributed by atoms with van der Waals surface area (Å²) in [6.45, 7) is 0. The molecule has 1 aliphatic carbocycles. The molecule has 29 heavy (non-hydrogen) atoms. The maximum Gasteiger partial charge on any atom is 0.291 e. The van der Waals surface area contributed by atoms with E-state index < -0.39 is 33.4 Å². The first-order valence-electron chi connectivity index (χ1n) is 8.71. The lowest BCUT2D eigenvalue weighted by Crippen LogP contribution is -2.41. The number of furan rings is 1. The van der Waals surface area contributed by atoms with Crippen molar-refractivity contribution >= 4 is 43.2 Å². The number of sulfone groups is 1. The summed E-state index contributed by atoms with van der Waals surface area (Å²) in [7, 11) is -3.21. The first-order chi connectivity index (χ1) is 13.7. The van der Waals surface area contributed by atoms with Crippen LogP contribution in [0.5, 0.6) is 0 Å². The fraction of sp³-hybridized carbons (Fsp3) is 0.211. The van der Waals surface area contributed by atoms with Crippen molar-refractivity contribution in [2.45, 2.75) is 12.5 Å². The minimum atomic E-state index is -3.21. The number of hydrogen-bond acceptors (Lipinski definition) is 7. The number of ketones is 2. The molecule has 1 saturated heterocycles. The third-order valence-corrected chi connectivity index (χ3v) is 6.93. The molecule has 2 heterocycles. The molecule has 2 N–H and O–H groups in total. The van der Waals surface area contributed by atoms with Crippen LogP contribution >= 0.6 is 15.9 Å². The van der Waals surface area contributed by atoms with Gasteiger partial charge in [0.1, 0.15) is 11.4 Å². The molecule has 150 valence electrons. The van der Waals surface area contributed by atoms with Gasteiger partial charge in [-0.2, -0.15) is 0 Å². The van der Waals surface area contributed by atoms with E-state index in [-0.39, 0.29) is 39.8 Å². The minimum absolute atomic E-state index is 0.00121. The molecule has 1 aromatic carbocycles. The molecule has 0 bridgehead atoms. The first kappa shape index (κ1) is 19.6. The number of amides is 1. The van der Waals surface area contributed by atoms with Crippen LogP contribution in [0.4, 0.5) is 0 Å². The highest BCUT2D eigenvalue weighted by molar-refractivity contribution is 9.10. The molecule has 8 nitrogen and oxygen atoms in total. The van der Waals surface area contributed by atoms with Gasteiger partial charge in [0.05, 0.1) is 11.5 Å². The summed E-state index contributed by atoms with van der Waals surface area (Å²) < 4.78 is 29.1. The maximum absolute atomic E-state index is 13.0. The van der Waals surface area contributed by atoms with Crippen molar-refractivity contribution in [2.24, 2.45) is 0 Å². The first-order valence-corrected chi connectivity index (χ1v) is 11.3. The number of carbonyl (C=O) groups is 3. The van der Waals surface area contributed by atoms with Crippen LogP contribution in [0, 0.1) is 0 Å². The average molecular weight is 479 g/mol. The van der Waals surface area contributed by atoms with E-state index in [0.29, 0.717) is 11.1 Å². The molecule has 2 aromatic rings. The zero-order chi connectivity index (χ0) is 20.8. The van der Waals surface area contributed by atoms with Gasteiger partial charge < -0.3 is 15.1 Å². The molecular formula is C19H15BrN2O6S. The molecule has 4 rings (SSSR count). The normalized spacial score (nSPS) is 20.5. The second-order valence-electron chi connectivity index (χ2n) is 6.76. The quantitative estimate of drug-likeness (QED) is 0.686. The number of halogens is 1. The third-order valence-electron chi connectivity index (χ3n) is 4.74. The number of allylic oxidation sites excluding steroid dienone is 2. The van der Waals surface area contributed by atoms with Crippen molar-refractivity contribution in [3.05, 3.63) is 69.3 Å². The molecule has 1 fully saturated rings. The van der Waals surface area contributed by atoms with Gasteiger partial charge in [0.2, 0.25) is 11.6 Å². The SMILES string of the molecule is O=C(NC1=C(N[C@@H]2CCS(=O)(=O)C2)C(=O)c2ccccc2C1=O)c1ccc(Br)o1. The van der Waals surface area contributed by atoms with E-state index in [1.807, 2.05) is 0 Å². The Balaban J connectivity index is 1.73. The van der Waals surface area contributed by atoms with Gasteiger partial charge in [-0.3, -0.25) is 14.4 Å². The molecule has 10 heteroatoms. The Morgan fingerprint density at radius 1 is 1.03 bits per heavy atom. The average Bonchev–Trinajstić information content (AvgIpc) is 3.27. The Morgan fingerprint density at radius 3 is 2.24 bits per heavy atom. The number of rotatable bonds is 4. The topological polar surface area (TPSA) is 123 Å². The van der Waals surface area contributed by atoms with Gasteiger partial charge in [-0.1, -0.05) is 24.3 Å². The lowest BCUT2D eigenvalue weighted by Gasteiger charge is -2.24. The summed E-state index contributed by atoms with van der Waals surface area (Å²) >= 11 is 3.10. The van der Waals surface area contributed by atoms with Gasteiger partial charge in [0.25, 0.3) is 5.91 Å². The fourth-order valence-electron chi connectivity index (χ4n) is 3.36. The number of fused-ring (bicyclic) bond motifs is 1. The molecular weight excluding hydrogens is 464 g/mol. The van der Waals surface area contributed by atoms with Crippen LogP contribution < -0.4 is 10.6 Å². The number of nitrogens with one attached hydrogen (secondary N) is 2. The molecule has 1 aromatic heterocycles. The van der Waals surface area contributed by atoms with Crippen LogP contribution in [0.1, 0.15) is 37.7 Å². The van der Waals surface area contributed by atoms with Gasteiger partial charge >= 0.3 is 0 Å². The van der Waals surface area contributed by atoms with Crippen molar-refractivity contribution in [3.63, 3.8) is 0 Å². The van der Waals surface area contributed by atoms with Crippen molar-refractivity contribution in [1.82, 2.24) is 10.6 Å². The van der Waals surface area contributed by atoms with E-state index in [4.69, 9.17) is 4.42 Å². The van der Waals surface area contributed by atoms with Gasteiger partial charge in [-0.25, -0.2) is 8.42 Å². The Bertz CT molecular complexity index is 1180. The molecule has 1 atom stereocenters. The van der Waals surface area contributed by atoms with E-state index in [2.05, 4.69) is 26.6 Å². The summed E-state index contributed by atoms with van der Waals surface area (Å²) in [4.78, 5) is 38.6. The molecule has 1 amide bonds. The second-order valence-corrected chi connectivity index (χ2v) is 9.77. The summed E-state index contributed by atoms with van der Waals surface area (Å²) in [6.07, 6.45) is 0.307. The van der Waals surface area contributed by atoms with E-state index in [0.717, 1.165) is 0 Å². The summed E-state index contributed by atoms with van der Waals surface area (Å²) in [6, 6.07) is 8.68. The van der Waals surface area contributed by atoms with Gasteiger partial charge in [0.15, 0.2) is 20.3 Å². The van der Waals surface area contributed by atoms with Crippen molar-refractivity contribution in [1.29, 1.82) is 0 Å². The predicted molar refractivity (Wildman–Crippen MR) is 106 cm³/mol. The summed E-state index contributed by atoms with van der Waals surface area (Å²) in [5.74, 6) is -1.93.